The van der Waals surface area contributed by atoms with Crippen LogP contribution in [-0.2, 0) is 6.42 Å². The maximum atomic E-state index is 13.9. The van der Waals surface area contributed by atoms with E-state index in [1.807, 2.05) is 45.0 Å². The van der Waals surface area contributed by atoms with Crippen LogP contribution in [0.25, 0.3) is 17.1 Å². The molecule has 8 nitrogen and oxygen atoms in total. The lowest BCUT2D eigenvalue weighted by Crippen LogP contribution is -2.49. The average molecular weight is 657 g/mol. The maximum absolute atomic E-state index is 13.9. The molecule has 0 saturated carbocycles. The second-order valence-electron chi connectivity index (χ2n) is 11.4. The molecular formula is C33H36F4N6O2S. The van der Waals surface area contributed by atoms with Gasteiger partial charge in [-0.25, -0.2) is 18.9 Å². The van der Waals surface area contributed by atoms with Crippen LogP contribution in [0.3, 0.4) is 0 Å². The summed E-state index contributed by atoms with van der Waals surface area (Å²) in [6, 6.07) is 17.9. The molecule has 46 heavy (non-hydrogen) atoms. The Labute approximate surface area is 269 Å². The standard InChI is InChI=1S/C33H36F4N6O2S/c1-21(2)28-19-25(34)11-16-29(28)42-17-18-46-32(42)40-31(44)39-22(3)5-4-6-23-7-9-24(10-8-23)30-38-20-43(41-30)26-12-14-27(15-13-26)45-33(35,36)37/h7-16,19-22,32H,4-6,17-18H2,1-3H3,(H2,39,40,44). The number of hydrogen-bond donors (Lipinski definition) is 2. The van der Waals surface area contributed by atoms with Crippen molar-refractivity contribution in [3.05, 3.63) is 90.0 Å². The molecule has 0 aliphatic carbocycles. The van der Waals surface area contributed by atoms with Crippen molar-refractivity contribution in [3.63, 3.8) is 0 Å². The number of aromatic nitrogens is 3. The highest BCUT2D eigenvalue weighted by Crippen LogP contribution is 2.34. The fourth-order valence-electron chi connectivity index (χ4n) is 5.29. The molecule has 0 spiro atoms. The summed E-state index contributed by atoms with van der Waals surface area (Å²) in [4.78, 5) is 19.3. The number of halogens is 4. The maximum Gasteiger partial charge on any atom is 0.573 e. The Morgan fingerprint density at radius 3 is 2.50 bits per heavy atom. The number of alkyl halides is 3. The third-order valence-corrected chi connectivity index (χ3v) is 8.69. The highest BCUT2D eigenvalue weighted by atomic mass is 32.2. The normalized spacial score (nSPS) is 15.7. The van der Waals surface area contributed by atoms with Crippen LogP contribution < -0.4 is 20.3 Å². The average Bonchev–Trinajstić information content (AvgIpc) is 3.67. The molecule has 1 aliphatic rings. The zero-order valence-electron chi connectivity index (χ0n) is 25.7. The summed E-state index contributed by atoms with van der Waals surface area (Å²) in [5, 5.41) is 10.6. The highest BCUT2D eigenvalue weighted by Gasteiger charge is 2.31. The van der Waals surface area contributed by atoms with Gasteiger partial charge in [-0.05, 0) is 85.7 Å². The fourth-order valence-corrected chi connectivity index (χ4v) is 6.40. The van der Waals surface area contributed by atoms with Gasteiger partial charge in [0.15, 0.2) is 11.3 Å². The van der Waals surface area contributed by atoms with Gasteiger partial charge in [0.25, 0.3) is 0 Å². The van der Waals surface area contributed by atoms with Gasteiger partial charge in [0, 0.05) is 29.6 Å². The molecule has 13 heteroatoms. The zero-order chi connectivity index (χ0) is 32.8. The molecular weight excluding hydrogens is 620 g/mol. The lowest BCUT2D eigenvalue weighted by Gasteiger charge is -2.30. The second kappa shape index (κ2) is 14.4. The van der Waals surface area contributed by atoms with E-state index in [9.17, 15) is 22.4 Å². The Hall–Kier alpha value is -4.26. The number of nitrogens with one attached hydrogen (secondary N) is 2. The van der Waals surface area contributed by atoms with Crippen molar-refractivity contribution in [2.24, 2.45) is 0 Å². The minimum Gasteiger partial charge on any atom is -0.406 e. The Kier molecular flexibility index (Phi) is 10.4. The summed E-state index contributed by atoms with van der Waals surface area (Å²) in [6.45, 7) is 6.82. The van der Waals surface area contributed by atoms with Crippen molar-refractivity contribution in [3.8, 4) is 22.8 Å². The minimum atomic E-state index is -4.75. The number of benzene rings is 3. The summed E-state index contributed by atoms with van der Waals surface area (Å²) in [5.41, 5.74) is 4.14. The van der Waals surface area contributed by atoms with E-state index < -0.39 is 6.36 Å². The van der Waals surface area contributed by atoms with Crippen LogP contribution in [0, 0.1) is 5.82 Å². The molecule has 2 N–H and O–H groups in total. The van der Waals surface area contributed by atoms with Crippen LogP contribution in [-0.4, -0.2) is 51.0 Å². The van der Waals surface area contributed by atoms with Crippen LogP contribution in [0.1, 0.15) is 50.7 Å². The number of nitrogens with zero attached hydrogens (tertiary/aromatic N) is 4. The monoisotopic (exact) mass is 656 g/mol. The Balaban J connectivity index is 1.08. The van der Waals surface area contributed by atoms with Crippen LogP contribution in [0.2, 0.25) is 0 Å². The number of thioether (sulfide) groups is 1. The van der Waals surface area contributed by atoms with Gasteiger partial charge in [-0.2, -0.15) is 0 Å². The van der Waals surface area contributed by atoms with Crippen LogP contribution in [0.4, 0.5) is 28.0 Å². The molecule has 1 aliphatic heterocycles. The lowest BCUT2D eigenvalue weighted by atomic mass is 10.0. The van der Waals surface area contributed by atoms with Gasteiger partial charge in [-0.3, -0.25) is 0 Å². The van der Waals surface area contributed by atoms with E-state index in [-0.39, 0.29) is 35.1 Å². The Bertz CT molecular complexity index is 1610. The van der Waals surface area contributed by atoms with Gasteiger partial charge in [0.1, 0.15) is 17.9 Å². The first-order valence-corrected chi connectivity index (χ1v) is 16.1. The number of amides is 2. The van der Waals surface area contributed by atoms with Gasteiger partial charge < -0.3 is 20.3 Å². The number of carbonyl (C=O) groups excluding carboxylic acids is 1. The van der Waals surface area contributed by atoms with Gasteiger partial charge in [0.05, 0.1) is 5.69 Å². The van der Waals surface area contributed by atoms with Crippen LogP contribution >= 0.6 is 11.8 Å². The molecule has 244 valence electrons. The first-order valence-electron chi connectivity index (χ1n) is 15.1. The van der Waals surface area contributed by atoms with Crippen molar-refractivity contribution in [2.45, 2.75) is 63.9 Å². The highest BCUT2D eigenvalue weighted by molar-refractivity contribution is 8.00. The van der Waals surface area contributed by atoms with Crippen molar-refractivity contribution >= 4 is 23.5 Å². The Morgan fingerprint density at radius 2 is 1.80 bits per heavy atom. The van der Waals surface area contributed by atoms with E-state index in [1.165, 1.54) is 41.3 Å². The lowest BCUT2D eigenvalue weighted by molar-refractivity contribution is -0.274. The minimum absolute atomic E-state index is 0.0292. The SMILES string of the molecule is CC(CCCc1ccc(-c2ncn(-c3ccc(OC(F)(F)F)cc3)n2)cc1)NC(=O)NC1SCCN1c1ccc(F)cc1C(C)C. The van der Waals surface area contributed by atoms with E-state index in [2.05, 4.69) is 30.4 Å². The van der Waals surface area contributed by atoms with E-state index in [0.29, 0.717) is 11.5 Å². The summed E-state index contributed by atoms with van der Waals surface area (Å²) >= 11 is 1.65. The third kappa shape index (κ3) is 8.71. The van der Waals surface area contributed by atoms with E-state index in [4.69, 9.17) is 0 Å². The van der Waals surface area contributed by atoms with Crippen molar-refractivity contribution in [1.29, 1.82) is 0 Å². The van der Waals surface area contributed by atoms with Crippen molar-refractivity contribution < 1.29 is 27.1 Å². The predicted octanol–water partition coefficient (Wildman–Crippen LogP) is 7.64. The van der Waals surface area contributed by atoms with Gasteiger partial charge >= 0.3 is 12.4 Å². The molecule has 2 unspecified atom stereocenters. The molecule has 2 atom stereocenters. The predicted molar refractivity (Wildman–Crippen MR) is 172 cm³/mol. The van der Waals surface area contributed by atoms with Crippen molar-refractivity contribution in [2.75, 3.05) is 17.2 Å². The smallest absolute Gasteiger partial charge is 0.406 e. The third-order valence-electron chi connectivity index (χ3n) is 7.59. The number of urea groups is 1. The van der Waals surface area contributed by atoms with Gasteiger partial charge in [-0.1, -0.05) is 38.1 Å². The molecule has 2 heterocycles. The van der Waals surface area contributed by atoms with Crippen molar-refractivity contribution in [1.82, 2.24) is 25.4 Å². The second-order valence-corrected chi connectivity index (χ2v) is 12.6. The first kappa shape index (κ1) is 33.1. The van der Waals surface area contributed by atoms with E-state index in [1.54, 1.807) is 23.9 Å². The van der Waals surface area contributed by atoms with Gasteiger partial charge in [-0.15, -0.1) is 30.0 Å². The van der Waals surface area contributed by atoms with E-state index >= 15 is 0 Å². The zero-order valence-corrected chi connectivity index (χ0v) is 26.5. The number of rotatable bonds is 11. The summed E-state index contributed by atoms with van der Waals surface area (Å²) in [6.07, 6.45) is -0.744. The number of anilines is 1. The molecule has 2 amide bonds. The Morgan fingerprint density at radius 1 is 1.07 bits per heavy atom. The molecule has 4 aromatic rings. The van der Waals surface area contributed by atoms with Crippen LogP contribution in [0.5, 0.6) is 5.75 Å². The topological polar surface area (TPSA) is 84.3 Å². The fraction of sp³-hybridized carbons (Fsp3) is 0.364. The molecule has 1 saturated heterocycles. The molecule has 3 aromatic carbocycles. The quantitative estimate of drug-likeness (QED) is 0.162. The first-order chi connectivity index (χ1) is 21.9. The number of carbonyl (C=O) groups is 1. The number of ether oxygens (including phenoxy) is 1. The summed E-state index contributed by atoms with van der Waals surface area (Å²) in [7, 11) is 0. The number of aryl methyl sites for hydroxylation is 1. The van der Waals surface area contributed by atoms with E-state index in [0.717, 1.165) is 53.9 Å². The molecule has 5 rings (SSSR count). The van der Waals surface area contributed by atoms with Gasteiger partial charge in [0.2, 0.25) is 0 Å². The summed E-state index contributed by atoms with van der Waals surface area (Å²) in [5.74, 6) is 0.943. The molecule has 0 bridgehead atoms. The van der Waals surface area contributed by atoms with Crippen LogP contribution in [0.15, 0.2) is 73.1 Å². The summed E-state index contributed by atoms with van der Waals surface area (Å²) < 4.78 is 56.5. The molecule has 0 radical (unpaired) electrons. The molecule has 1 fully saturated rings. The number of hydrogen-bond acceptors (Lipinski definition) is 6. The largest absolute Gasteiger partial charge is 0.573 e. The molecule has 1 aromatic heterocycles.